The maximum absolute atomic E-state index is 14.3. The van der Waals surface area contributed by atoms with Crippen LogP contribution in [-0.2, 0) is 6.42 Å². The zero-order valence-electron chi connectivity index (χ0n) is 16.3. The molecule has 0 bridgehead atoms. The third-order valence-corrected chi connectivity index (χ3v) is 5.80. The molecule has 5 rings (SSSR count). The average Bonchev–Trinajstić information content (AvgIpc) is 3.34. The molecule has 4 heterocycles. The summed E-state index contributed by atoms with van der Waals surface area (Å²) in [6.07, 6.45) is 6.41. The lowest BCUT2D eigenvalue weighted by molar-refractivity contribution is 0.102. The fraction of sp³-hybridized carbons (Fsp3) is 0.364. The number of aromatic nitrogens is 2. The highest BCUT2D eigenvalue weighted by atomic mass is 19.1. The Balaban J connectivity index is 1.45. The van der Waals surface area contributed by atoms with Gasteiger partial charge in [-0.2, -0.15) is 0 Å². The number of aryl methyl sites for hydroxylation is 1. The van der Waals surface area contributed by atoms with Gasteiger partial charge in [-0.15, -0.1) is 0 Å². The molecular weight excluding hydrogens is 371 g/mol. The molecule has 1 amide bonds. The number of nitrogens with zero attached hydrogens (tertiary/aromatic N) is 2. The molecule has 29 heavy (non-hydrogen) atoms. The molecule has 3 aromatic rings. The van der Waals surface area contributed by atoms with E-state index in [-0.39, 0.29) is 11.6 Å². The second-order valence-corrected chi connectivity index (χ2v) is 7.78. The highest BCUT2D eigenvalue weighted by molar-refractivity contribution is 6.06. The zero-order valence-corrected chi connectivity index (χ0v) is 16.3. The molecule has 2 aromatic heterocycles. The van der Waals surface area contributed by atoms with Crippen molar-refractivity contribution in [3.63, 3.8) is 0 Å². The quantitative estimate of drug-likeness (QED) is 0.714. The average molecular weight is 394 g/mol. The van der Waals surface area contributed by atoms with Crippen molar-refractivity contribution in [3.05, 3.63) is 58.8 Å². The first kappa shape index (κ1) is 18.1. The van der Waals surface area contributed by atoms with Gasteiger partial charge in [0.2, 0.25) is 0 Å². The largest absolute Gasteiger partial charge is 0.492 e. The lowest BCUT2D eigenvalue weighted by Gasteiger charge is -2.25. The van der Waals surface area contributed by atoms with Crippen molar-refractivity contribution < 1.29 is 13.9 Å². The van der Waals surface area contributed by atoms with Crippen LogP contribution in [0, 0.1) is 12.7 Å². The minimum absolute atomic E-state index is 0.246. The maximum atomic E-state index is 14.3. The highest BCUT2D eigenvalue weighted by Crippen LogP contribution is 2.38. The first-order chi connectivity index (χ1) is 14.1. The number of nitrogens with one attached hydrogen (secondary N) is 2. The molecule has 0 aliphatic carbocycles. The van der Waals surface area contributed by atoms with Crippen LogP contribution in [0.25, 0.3) is 5.65 Å². The lowest BCUT2D eigenvalue weighted by Crippen LogP contribution is -2.27. The van der Waals surface area contributed by atoms with Gasteiger partial charge in [-0.25, -0.2) is 9.37 Å². The number of pyridine rings is 1. The SMILES string of the molecule is Cc1cn2cc(NC(=O)c3ccc(C4CCNCC4)c4c3OCC4)cc(F)c2n1. The summed E-state index contributed by atoms with van der Waals surface area (Å²) in [4.78, 5) is 17.1. The van der Waals surface area contributed by atoms with Crippen LogP contribution in [0.3, 0.4) is 0 Å². The van der Waals surface area contributed by atoms with Crippen molar-refractivity contribution in [1.29, 1.82) is 0 Å². The second kappa shape index (κ2) is 7.15. The fourth-order valence-corrected chi connectivity index (χ4v) is 4.46. The normalized spacial score (nSPS) is 16.6. The Morgan fingerprint density at radius 2 is 2.14 bits per heavy atom. The van der Waals surface area contributed by atoms with Gasteiger partial charge in [0.15, 0.2) is 11.5 Å². The number of piperidine rings is 1. The van der Waals surface area contributed by atoms with Crippen molar-refractivity contribution in [2.75, 3.05) is 25.0 Å². The molecule has 0 atom stereocenters. The third kappa shape index (κ3) is 3.25. The number of benzene rings is 1. The van der Waals surface area contributed by atoms with Crippen LogP contribution in [0.15, 0.2) is 30.6 Å². The number of hydrogen-bond acceptors (Lipinski definition) is 4. The van der Waals surface area contributed by atoms with Crippen LogP contribution >= 0.6 is 0 Å². The predicted octanol–water partition coefficient (Wildman–Crippen LogP) is 3.44. The summed E-state index contributed by atoms with van der Waals surface area (Å²) in [7, 11) is 0. The number of anilines is 1. The van der Waals surface area contributed by atoms with Crippen molar-refractivity contribution in [2.24, 2.45) is 0 Å². The van der Waals surface area contributed by atoms with Crippen LogP contribution in [0.2, 0.25) is 0 Å². The summed E-state index contributed by atoms with van der Waals surface area (Å²) < 4.78 is 21.8. The molecule has 1 aromatic carbocycles. The molecular formula is C22H23FN4O2. The summed E-state index contributed by atoms with van der Waals surface area (Å²) >= 11 is 0. The van der Waals surface area contributed by atoms with E-state index in [0.717, 1.165) is 37.9 Å². The summed E-state index contributed by atoms with van der Waals surface area (Å²) in [5.41, 5.74) is 4.29. The molecule has 2 N–H and O–H groups in total. The lowest BCUT2D eigenvalue weighted by atomic mass is 9.85. The third-order valence-electron chi connectivity index (χ3n) is 5.80. The van der Waals surface area contributed by atoms with Gasteiger partial charge in [-0.3, -0.25) is 4.79 Å². The molecule has 150 valence electrons. The Morgan fingerprint density at radius 3 is 2.97 bits per heavy atom. The van der Waals surface area contributed by atoms with Crippen LogP contribution in [-0.4, -0.2) is 35.0 Å². The van der Waals surface area contributed by atoms with Gasteiger partial charge in [0.25, 0.3) is 5.91 Å². The van der Waals surface area contributed by atoms with E-state index in [9.17, 15) is 9.18 Å². The van der Waals surface area contributed by atoms with Crippen molar-refractivity contribution in [3.8, 4) is 5.75 Å². The number of carbonyl (C=O) groups is 1. The monoisotopic (exact) mass is 394 g/mol. The van der Waals surface area contributed by atoms with Gasteiger partial charge in [0.1, 0.15) is 5.75 Å². The molecule has 6 nitrogen and oxygen atoms in total. The minimum Gasteiger partial charge on any atom is -0.492 e. The number of fused-ring (bicyclic) bond motifs is 2. The number of ether oxygens (including phenoxy) is 1. The molecule has 0 radical (unpaired) electrons. The summed E-state index contributed by atoms with van der Waals surface area (Å²) in [5, 5.41) is 6.21. The number of halogens is 1. The van der Waals surface area contributed by atoms with Gasteiger partial charge in [0.05, 0.1) is 23.6 Å². The summed E-state index contributed by atoms with van der Waals surface area (Å²) in [6.45, 7) is 4.43. The van der Waals surface area contributed by atoms with Crippen LogP contribution < -0.4 is 15.4 Å². The van der Waals surface area contributed by atoms with Gasteiger partial charge in [0, 0.05) is 30.4 Å². The second-order valence-electron chi connectivity index (χ2n) is 7.78. The van der Waals surface area contributed by atoms with Crippen LogP contribution in [0.1, 0.15) is 45.9 Å². The van der Waals surface area contributed by atoms with Gasteiger partial charge in [-0.1, -0.05) is 6.07 Å². The number of rotatable bonds is 3. The van der Waals surface area contributed by atoms with Crippen molar-refractivity contribution in [2.45, 2.75) is 32.1 Å². The van der Waals surface area contributed by atoms with Gasteiger partial charge in [-0.05, 0) is 50.4 Å². The first-order valence-corrected chi connectivity index (χ1v) is 10.1. The standard InChI is InChI=1S/C22H23FN4O2/c1-13-11-27-12-15(10-19(23)21(27)25-13)26-22(28)18-3-2-16(14-4-7-24-8-5-14)17-6-9-29-20(17)18/h2-3,10-12,14,24H,4-9H2,1H3,(H,26,28). The zero-order chi connectivity index (χ0) is 20.0. The van der Waals surface area contributed by atoms with E-state index in [1.54, 1.807) is 23.7 Å². The molecule has 1 fully saturated rings. The van der Waals surface area contributed by atoms with Crippen LogP contribution in [0.5, 0.6) is 5.75 Å². The Kier molecular flexibility index (Phi) is 4.47. The van der Waals surface area contributed by atoms with E-state index < -0.39 is 5.82 Å². The first-order valence-electron chi connectivity index (χ1n) is 10.1. The molecule has 7 heteroatoms. The van der Waals surface area contributed by atoms with Crippen LogP contribution in [0.4, 0.5) is 10.1 Å². The Morgan fingerprint density at radius 1 is 1.31 bits per heavy atom. The highest BCUT2D eigenvalue weighted by Gasteiger charge is 2.27. The van der Waals surface area contributed by atoms with E-state index in [0.29, 0.717) is 35.2 Å². The van der Waals surface area contributed by atoms with Crippen molar-refractivity contribution in [1.82, 2.24) is 14.7 Å². The van der Waals surface area contributed by atoms with E-state index in [1.165, 1.54) is 11.6 Å². The Bertz CT molecular complexity index is 1100. The van der Waals surface area contributed by atoms with Gasteiger partial charge < -0.3 is 19.8 Å². The minimum atomic E-state index is -0.473. The Labute approximate surface area is 168 Å². The maximum Gasteiger partial charge on any atom is 0.259 e. The molecule has 0 saturated carbocycles. The molecule has 0 spiro atoms. The molecule has 2 aliphatic heterocycles. The van der Waals surface area contributed by atoms with Crippen molar-refractivity contribution >= 4 is 17.2 Å². The molecule has 0 unspecified atom stereocenters. The van der Waals surface area contributed by atoms with E-state index in [4.69, 9.17) is 4.74 Å². The number of imidazole rings is 1. The number of amides is 1. The predicted molar refractivity (Wildman–Crippen MR) is 108 cm³/mol. The van der Waals surface area contributed by atoms with Gasteiger partial charge >= 0.3 is 0 Å². The molecule has 2 aliphatic rings. The van der Waals surface area contributed by atoms with E-state index in [1.807, 2.05) is 6.07 Å². The Hall–Kier alpha value is -2.93. The summed E-state index contributed by atoms with van der Waals surface area (Å²) in [6, 6.07) is 5.21. The molecule has 1 saturated heterocycles. The smallest absolute Gasteiger partial charge is 0.259 e. The summed E-state index contributed by atoms with van der Waals surface area (Å²) in [5.74, 6) is 0.414. The fourth-order valence-electron chi connectivity index (χ4n) is 4.46. The number of carbonyl (C=O) groups excluding carboxylic acids is 1. The van der Waals surface area contributed by atoms with E-state index in [2.05, 4.69) is 21.7 Å². The van der Waals surface area contributed by atoms with E-state index >= 15 is 0 Å². The topological polar surface area (TPSA) is 67.7 Å². The number of hydrogen-bond donors (Lipinski definition) is 2.